The van der Waals surface area contributed by atoms with E-state index in [1.807, 2.05) is 64.0 Å². The second-order valence-corrected chi connectivity index (χ2v) is 8.73. The van der Waals surface area contributed by atoms with E-state index in [1.54, 1.807) is 11.8 Å². The van der Waals surface area contributed by atoms with Crippen LogP contribution in [-0.4, -0.2) is 57.0 Å². The van der Waals surface area contributed by atoms with Gasteiger partial charge in [-0.2, -0.15) is 5.26 Å². The number of likely N-dealkylation sites (N-methyl/N-ethyl adjacent to an activating group) is 1. The molecule has 2 aliphatic rings. The fourth-order valence-electron chi connectivity index (χ4n) is 4.06. The molecule has 2 aliphatic heterocycles. The number of nitrogens with zero attached hydrogens (tertiary/aromatic N) is 3. The first-order valence-corrected chi connectivity index (χ1v) is 13.3. The molecule has 2 aromatic carbocycles. The number of halogens is 1. The predicted octanol–water partition coefficient (Wildman–Crippen LogP) is 5.78. The summed E-state index contributed by atoms with van der Waals surface area (Å²) in [5.41, 5.74) is 4.70. The molecule has 2 aromatic rings. The Balaban J connectivity index is 0.00000103. The quantitative estimate of drug-likeness (QED) is 0.284. The lowest BCUT2D eigenvalue weighted by Gasteiger charge is -2.36. The topological polar surface area (TPSA) is 65.8 Å². The van der Waals surface area contributed by atoms with Crippen LogP contribution < -0.4 is 9.64 Å². The van der Waals surface area contributed by atoms with E-state index in [9.17, 15) is 10.1 Å². The molecule has 0 unspecified atom stereocenters. The van der Waals surface area contributed by atoms with Crippen LogP contribution in [0.3, 0.4) is 0 Å². The molecule has 35 heavy (non-hydrogen) atoms. The van der Waals surface area contributed by atoms with Crippen LogP contribution in [0.1, 0.15) is 37.5 Å². The van der Waals surface area contributed by atoms with Crippen molar-refractivity contribution in [3.63, 3.8) is 0 Å². The van der Waals surface area contributed by atoms with Crippen LogP contribution in [-0.2, 0) is 16.1 Å². The van der Waals surface area contributed by atoms with Gasteiger partial charge >= 0.3 is 5.97 Å². The summed E-state index contributed by atoms with van der Waals surface area (Å²) in [5.74, 6) is 0.931. The number of alkyl halides is 1. The van der Waals surface area contributed by atoms with Crippen molar-refractivity contribution in [1.82, 2.24) is 4.90 Å². The monoisotopic (exact) mass is 515 g/mol. The van der Waals surface area contributed by atoms with Crippen LogP contribution in [0.4, 0.5) is 5.69 Å². The normalized spacial score (nSPS) is 14.2. The predicted molar refractivity (Wildman–Crippen MR) is 145 cm³/mol. The third kappa shape index (κ3) is 6.52. The summed E-state index contributed by atoms with van der Waals surface area (Å²) in [4.78, 5) is 18.5. The Hall–Kier alpha value is -2.66. The highest BCUT2D eigenvalue weighted by molar-refractivity contribution is 7.99. The van der Waals surface area contributed by atoms with Crippen LogP contribution in [0, 0.1) is 11.3 Å². The van der Waals surface area contributed by atoms with Gasteiger partial charge in [-0.1, -0.05) is 32.0 Å². The number of fused-ring (bicyclic) bond motifs is 3. The SMILES string of the molecule is CC.CCOC(=O)C1=C(CSc2ccccc2)CN(C)c2cc(C#N)c3c(c21)CN(C)CO3.CCl. The van der Waals surface area contributed by atoms with Gasteiger partial charge in [0.1, 0.15) is 18.5 Å². The van der Waals surface area contributed by atoms with Gasteiger partial charge in [-0.15, -0.1) is 23.4 Å². The second-order valence-electron chi connectivity index (χ2n) is 7.68. The Morgan fingerprint density at radius 2 is 1.89 bits per heavy atom. The number of nitriles is 1. The van der Waals surface area contributed by atoms with E-state index in [4.69, 9.17) is 9.47 Å². The molecule has 188 valence electrons. The highest BCUT2D eigenvalue weighted by Crippen LogP contribution is 2.45. The van der Waals surface area contributed by atoms with Crippen molar-refractivity contribution in [3.8, 4) is 11.8 Å². The number of carbonyl (C=O) groups excluding carboxylic acids is 1. The summed E-state index contributed by atoms with van der Waals surface area (Å²) in [6.07, 6.45) is 1.47. The number of ether oxygens (including phenoxy) is 2. The zero-order valence-corrected chi connectivity index (χ0v) is 22.9. The number of hydrogen-bond acceptors (Lipinski definition) is 7. The maximum Gasteiger partial charge on any atom is 0.338 e. The van der Waals surface area contributed by atoms with Gasteiger partial charge in [0.25, 0.3) is 0 Å². The Bertz CT molecular complexity index is 1080. The number of hydrogen-bond donors (Lipinski definition) is 0. The standard InChI is InChI=1S/C24H25N3O3S.C2H6.CH3Cl/c1-4-29-24(28)21-17(14-31-18-8-6-5-7-9-18)12-27(3)20-10-16(11-25)23-19(22(20)21)13-26(2)15-30-23;2*1-2/h5-10H,4,12-15H2,1-3H3;1-2H3;1H3. The third-order valence-electron chi connectivity index (χ3n) is 5.41. The first kappa shape index (κ1) is 28.6. The van der Waals surface area contributed by atoms with E-state index >= 15 is 0 Å². The third-order valence-corrected chi connectivity index (χ3v) is 6.51. The summed E-state index contributed by atoms with van der Waals surface area (Å²) in [7, 11) is 3.95. The van der Waals surface area contributed by atoms with Gasteiger partial charge in [0.2, 0.25) is 0 Å². The van der Waals surface area contributed by atoms with Gasteiger partial charge in [0, 0.05) is 54.0 Å². The minimum Gasteiger partial charge on any atom is -0.476 e. The molecular formula is C27H34ClN3O3S. The van der Waals surface area contributed by atoms with Crippen molar-refractivity contribution in [2.24, 2.45) is 0 Å². The van der Waals surface area contributed by atoms with Crippen molar-refractivity contribution >= 4 is 40.6 Å². The summed E-state index contributed by atoms with van der Waals surface area (Å²) < 4.78 is 11.4. The molecule has 8 heteroatoms. The minimum atomic E-state index is -0.319. The largest absolute Gasteiger partial charge is 0.476 e. The Morgan fingerprint density at radius 3 is 2.51 bits per heavy atom. The van der Waals surface area contributed by atoms with E-state index in [2.05, 4.69) is 34.7 Å². The van der Waals surface area contributed by atoms with Crippen LogP contribution in [0.5, 0.6) is 5.75 Å². The summed E-state index contributed by atoms with van der Waals surface area (Å²) >= 11 is 6.34. The molecule has 0 fully saturated rings. The van der Waals surface area contributed by atoms with Gasteiger partial charge in [-0.05, 0) is 37.7 Å². The molecule has 0 bridgehead atoms. The molecule has 0 saturated heterocycles. The Kier molecular flexibility index (Phi) is 11.5. The number of thioether (sulfide) groups is 1. The lowest BCUT2D eigenvalue weighted by molar-refractivity contribution is -0.136. The number of benzene rings is 2. The zero-order chi connectivity index (χ0) is 26.0. The molecular weight excluding hydrogens is 482 g/mol. The average Bonchev–Trinajstić information content (AvgIpc) is 2.90. The number of carbonyl (C=O) groups is 1. The molecule has 0 N–H and O–H groups in total. The number of esters is 1. The smallest absolute Gasteiger partial charge is 0.338 e. The van der Waals surface area contributed by atoms with E-state index in [0.29, 0.717) is 49.1 Å². The molecule has 6 nitrogen and oxygen atoms in total. The van der Waals surface area contributed by atoms with Crippen molar-refractivity contribution in [2.75, 3.05) is 51.0 Å². The van der Waals surface area contributed by atoms with Gasteiger partial charge < -0.3 is 14.4 Å². The Labute approximate surface area is 218 Å². The van der Waals surface area contributed by atoms with Gasteiger partial charge in [-0.25, -0.2) is 4.79 Å². The van der Waals surface area contributed by atoms with Crippen molar-refractivity contribution in [3.05, 3.63) is 58.7 Å². The molecule has 0 atom stereocenters. The molecule has 2 heterocycles. The maximum atomic E-state index is 13.2. The van der Waals surface area contributed by atoms with E-state index in [-0.39, 0.29) is 5.97 Å². The lowest BCUT2D eigenvalue weighted by atomic mass is 9.87. The minimum absolute atomic E-state index is 0.307. The van der Waals surface area contributed by atoms with E-state index in [1.165, 1.54) is 6.38 Å². The van der Waals surface area contributed by atoms with Crippen LogP contribution in [0.2, 0.25) is 0 Å². The lowest BCUT2D eigenvalue weighted by Crippen LogP contribution is -2.34. The van der Waals surface area contributed by atoms with Gasteiger partial charge in [0.15, 0.2) is 0 Å². The molecule has 0 radical (unpaired) electrons. The maximum absolute atomic E-state index is 13.2. The zero-order valence-electron chi connectivity index (χ0n) is 21.4. The summed E-state index contributed by atoms with van der Waals surface area (Å²) in [6.45, 7) is 7.73. The first-order valence-electron chi connectivity index (χ1n) is 11.6. The van der Waals surface area contributed by atoms with Crippen LogP contribution in [0.15, 0.2) is 46.9 Å². The average molecular weight is 516 g/mol. The number of anilines is 1. The molecule has 4 rings (SSSR count). The molecule has 0 amide bonds. The van der Waals surface area contributed by atoms with E-state index in [0.717, 1.165) is 27.3 Å². The van der Waals surface area contributed by atoms with Crippen molar-refractivity contribution < 1.29 is 14.3 Å². The number of rotatable bonds is 5. The summed E-state index contributed by atoms with van der Waals surface area (Å²) in [5, 5.41) is 9.70. The molecule has 0 saturated carbocycles. The molecule has 0 aromatic heterocycles. The second kappa shape index (κ2) is 14.0. The summed E-state index contributed by atoms with van der Waals surface area (Å²) in [6, 6.07) is 14.3. The van der Waals surface area contributed by atoms with Crippen LogP contribution >= 0.6 is 23.4 Å². The van der Waals surface area contributed by atoms with Gasteiger partial charge in [-0.3, -0.25) is 4.90 Å². The van der Waals surface area contributed by atoms with Crippen molar-refractivity contribution in [2.45, 2.75) is 32.2 Å². The van der Waals surface area contributed by atoms with E-state index < -0.39 is 0 Å². The highest BCUT2D eigenvalue weighted by atomic mass is 35.5. The highest BCUT2D eigenvalue weighted by Gasteiger charge is 2.34. The fraction of sp³-hybridized carbons (Fsp3) is 0.407. The van der Waals surface area contributed by atoms with Crippen LogP contribution in [0.25, 0.3) is 5.57 Å². The fourth-order valence-corrected chi connectivity index (χ4v) is 4.98. The molecule has 0 aliphatic carbocycles. The van der Waals surface area contributed by atoms with Crippen molar-refractivity contribution in [1.29, 1.82) is 5.26 Å². The Morgan fingerprint density at radius 1 is 1.20 bits per heavy atom. The molecule has 0 spiro atoms. The first-order chi connectivity index (χ1) is 17.0. The van der Waals surface area contributed by atoms with Gasteiger partial charge in [0.05, 0.1) is 17.7 Å².